The minimum Gasteiger partial charge on any atom is -0.360 e. The zero-order chi connectivity index (χ0) is 13.7. The Morgan fingerprint density at radius 1 is 1.20 bits per heavy atom. The van der Waals surface area contributed by atoms with Crippen LogP contribution < -0.4 is 0 Å². The molecule has 0 spiro atoms. The third-order valence-corrected chi connectivity index (χ3v) is 4.32. The molecule has 1 unspecified atom stereocenters. The Morgan fingerprint density at radius 2 is 2.05 bits per heavy atom. The fourth-order valence-corrected chi connectivity index (χ4v) is 3.15. The predicted molar refractivity (Wildman–Crippen MR) is 80.5 cm³/mol. The summed E-state index contributed by atoms with van der Waals surface area (Å²) in [6, 6.07) is 13.7. The van der Waals surface area contributed by atoms with E-state index in [1.807, 2.05) is 36.4 Å². The fourth-order valence-electron chi connectivity index (χ4n) is 2.98. The van der Waals surface area contributed by atoms with Gasteiger partial charge in [-0.25, -0.2) is 0 Å². The van der Waals surface area contributed by atoms with Gasteiger partial charge in [0.05, 0.1) is 5.92 Å². The van der Waals surface area contributed by atoms with Gasteiger partial charge in [-0.3, -0.25) is 4.79 Å². The molecular formula is C17H12ClNO. The number of carbonyl (C=O) groups excluding carboxylic acids is 1. The molecule has 3 aromatic rings. The van der Waals surface area contributed by atoms with Crippen molar-refractivity contribution in [3.63, 3.8) is 0 Å². The number of fused-ring (bicyclic) bond motifs is 2. The van der Waals surface area contributed by atoms with Crippen molar-refractivity contribution in [2.24, 2.45) is 0 Å². The Bertz CT molecular complexity index is 834. The zero-order valence-corrected chi connectivity index (χ0v) is 11.4. The number of rotatable bonds is 2. The first-order valence-electron chi connectivity index (χ1n) is 6.62. The van der Waals surface area contributed by atoms with E-state index in [1.165, 1.54) is 5.56 Å². The molecule has 0 saturated carbocycles. The van der Waals surface area contributed by atoms with Crippen molar-refractivity contribution < 1.29 is 4.79 Å². The highest BCUT2D eigenvalue weighted by Crippen LogP contribution is 2.38. The van der Waals surface area contributed by atoms with Gasteiger partial charge in [0.15, 0.2) is 5.78 Å². The highest BCUT2D eigenvalue weighted by atomic mass is 35.5. The van der Waals surface area contributed by atoms with Crippen LogP contribution in [0.5, 0.6) is 0 Å². The number of aromatic amines is 1. The molecule has 98 valence electrons. The number of nitrogens with one attached hydrogen (secondary N) is 1. The van der Waals surface area contributed by atoms with Crippen molar-refractivity contribution in [2.45, 2.75) is 12.3 Å². The van der Waals surface area contributed by atoms with Gasteiger partial charge in [0, 0.05) is 27.7 Å². The van der Waals surface area contributed by atoms with Crippen molar-refractivity contribution in [2.75, 3.05) is 0 Å². The van der Waals surface area contributed by atoms with E-state index < -0.39 is 0 Å². The predicted octanol–water partition coefficient (Wildman–Crippen LogP) is 4.34. The lowest BCUT2D eigenvalue weighted by molar-refractivity contribution is 0.0950. The molecule has 0 amide bonds. The molecule has 1 N–H and O–H groups in total. The lowest BCUT2D eigenvalue weighted by Crippen LogP contribution is -2.25. The first kappa shape index (κ1) is 11.7. The molecule has 0 radical (unpaired) electrons. The third-order valence-electron chi connectivity index (χ3n) is 4.08. The van der Waals surface area contributed by atoms with E-state index in [0.717, 1.165) is 28.5 Å². The highest BCUT2D eigenvalue weighted by molar-refractivity contribution is 6.31. The number of hydrogen-bond donors (Lipinski definition) is 1. The SMILES string of the molecule is O=C(c1c[nH]c2ccc(Cl)cc12)C1Cc2ccccc21. The Balaban J connectivity index is 1.77. The second kappa shape index (κ2) is 4.22. The van der Waals surface area contributed by atoms with Crippen molar-refractivity contribution in [1.29, 1.82) is 0 Å². The van der Waals surface area contributed by atoms with Crippen LogP contribution in [0, 0.1) is 0 Å². The first-order chi connectivity index (χ1) is 9.74. The van der Waals surface area contributed by atoms with Gasteiger partial charge in [-0.05, 0) is 35.7 Å². The van der Waals surface area contributed by atoms with Gasteiger partial charge in [-0.2, -0.15) is 0 Å². The third kappa shape index (κ3) is 1.61. The lowest BCUT2D eigenvalue weighted by atomic mass is 9.74. The fraction of sp³-hybridized carbons (Fsp3) is 0.118. The Morgan fingerprint density at radius 3 is 2.90 bits per heavy atom. The molecule has 1 aliphatic rings. The smallest absolute Gasteiger partial charge is 0.172 e. The molecule has 1 aromatic heterocycles. The minimum atomic E-state index is -0.0100. The number of carbonyl (C=O) groups is 1. The largest absolute Gasteiger partial charge is 0.360 e. The van der Waals surface area contributed by atoms with E-state index >= 15 is 0 Å². The zero-order valence-electron chi connectivity index (χ0n) is 10.7. The molecule has 3 heteroatoms. The number of H-pyrrole nitrogens is 1. The molecule has 20 heavy (non-hydrogen) atoms. The maximum absolute atomic E-state index is 12.7. The van der Waals surface area contributed by atoms with E-state index in [-0.39, 0.29) is 11.7 Å². The summed E-state index contributed by atoms with van der Waals surface area (Å²) >= 11 is 6.04. The molecular weight excluding hydrogens is 270 g/mol. The van der Waals surface area contributed by atoms with Gasteiger partial charge in [0.2, 0.25) is 0 Å². The number of benzene rings is 2. The normalized spacial score (nSPS) is 16.8. The molecule has 1 heterocycles. The number of hydrogen-bond acceptors (Lipinski definition) is 1. The van der Waals surface area contributed by atoms with Gasteiger partial charge in [-0.15, -0.1) is 0 Å². The van der Waals surface area contributed by atoms with E-state index in [2.05, 4.69) is 11.1 Å². The summed E-state index contributed by atoms with van der Waals surface area (Å²) in [4.78, 5) is 15.9. The van der Waals surface area contributed by atoms with Gasteiger partial charge in [0.25, 0.3) is 0 Å². The van der Waals surface area contributed by atoms with E-state index in [9.17, 15) is 4.79 Å². The Hall–Kier alpha value is -2.06. The summed E-state index contributed by atoms with van der Waals surface area (Å²) in [7, 11) is 0. The van der Waals surface area contributed by atoms with Crippen molar-refractivity contribution >= 4 is 28.3 Å². The standard InChI is InChI=1S/C17H12ClNO/c18-11-5-6-16-13(8-11)15(9-19-16)17(20)14-7-10-3-1-2-4-12(10)14/h1-6,8-9,14,19H,7H2. The average molecular weight is 282 g/mol. The highest BCUT2D eigenvalue weighted by Gasteiger charge is 2.33. The van der Waals surface area contributed by atoms with Gasteiger partial charge < -0.3 is 4.98 Å². The molecule has 2 nitrogen and oxygen atoms in total. The van der Waals surface area contributed by atoms with Crippen molar-refractivity contribution in [1.82, 2.24) is 4.98 Å². The van der Waals surface area contributed by atoms with E-state index in [0.29, 0.717) is 5.02 Å². The number of ketones is 1. The number of halogens is 1. The summed E-state index contributed by atoms with van der Waals surface area (Å²) in [6.45, 7) is 0. The summed E-state index contributed by atoms with van der Waals surface area (Å²) in [6.07, 6.45) is 2.63. The van der Waals surface area contributed by atoms with Crippen LogP contribution in [0.2, 0.25) is 5.02 Å². The quantitative estimate of drug-likeness (QED) is 0.696. The van der Waals surface area contributed by atoms with Crippen LogP contribution in [0.1, 0.15) is 27.4 Å². The molecule has 2 aromatic carbocycles. The molecule has 0 saturated heterocycles. The monoisotopic (exact) mass is 281 g/mol. The second-order valence-electron chi connectivity index (χ2n) is 5.21. The minimum absolute atomic E-state index is 0.0100. The Labute approximate surface area is 121 Å². The molecule has 4 rings (SSSR count). The van der Waals surface area contributed by atoms with Crippen molar-refractivity contribution in [3.05, 3.63) is 70.4 Å². The molecule has 0 bridgehead atoms. The molecule has 1 atom stereocenters. The van der Waals surface area contributed by atoms with Crippen LogP contribution in [0.15, 0.2) is 48.7 Å². The van der Waals surface area contributed by atoms with Crippen LogP contribution in [0.3, 0.4) is 0 Å². The second-order valence-corrected chi connectivity index (χ2v) is 5.65. The topological polar surface area (TPSA) is 32.9 Å². The van der Waals surface area contributed by atoms with Crippen LogP contribution >= 0.6 is 11.6 Å². The maximum Gasteiger partial charge on any atom is 0.172 e. The first-order valence-corrected chi connectivity index (χ1v) is 7.00. The van der Waals surface area contributed by atoms with Crippen LogP contribution in [-0.2, 0) is 6.42 Å². The Kier molecular flexibility index (Phi) is 2.48. The van der Waals surface area contributed by atoms with E-state index in [4.69, 9.17) is 11.6 Å². The van der Waals surface area contributed by atoms with Gasteiger partial charge in [-0.1, -0.05) is 35.9 Å². The van der Waals surface area contributed by atoms with E-state index in [1.54, 1.807) is 6.20 Å². The summed E-state index contributed by atoms with van der Waals surface area (Å²) in [5.74, 6) is 0.168. The number of Topliss-reactive ketones (excluding diaryl/α,β-unsaturated/α-hetero) is 1. The van der Waals surface area contributed by atoms with Gasteiger partial charge in [0.1, 0.15) is 0 Å². The van der Waals surface area contributed by atoms with Gasteiger partial charge >= 0.3 is 0 Å². The van der Waals surface area contributed by atoms with Crippen LogP contribution in [0.4, 0.5) is 0 Å². The average Bonchev–Trinajstić information content (AvgIpc) is 2.83. The van der Waals surface area contributed by atoms with Crippen molar-refractivity contribution in [3.8, 4) is 0 Å². The lowest BCUT2D eigenvalue weighted by Gasteiger charge is -2.28. The summed E-state index contributed by atoms with van der Waals surface area (Å²) in [5, 5.41) is 1.56. The van der Waals surface area contributed by atoms with Crippen LogP contribution in [0.25, 0.3) is 10.9 Å². The molecule has 0 fully saturated rings. The van der Waals surface area contributed by atoms with Crippen LogP contribution in [-0.4, -0.2) is 10.8 Å². The number of aromatic nitrogens is 1. The molecule has 0 aliphatic heterocycles. The molecule has 1 aliphatic carbocycles. The summed E-state index contributed by atoms with van der Waals surface area (Å²) in [5.41, 5.74) is 4.13. The summed E-state index contributed by atoms with van der Waals surface area (Å²) < 4.78 is 0. The maximum atomic E-state index is 12.7.